The zero-order valence-corrected chi connectivity index (χ0v) is 14.5. The molecule has 2 aliphatic rings. The summed E-state index contributed by atoms with van der Waals surface area (Å²) < 4.78 is 28.6. The van der Waals surface area contributed by atoms with Crippen LogP contribution in [-0.2, 0) is 21.9 Å². The average molecular weight is 341 g/mol. The minimum atomic E-state index is -3.64. The second kappa shape index (κ2) is 5.88. The monoisotopic (exact) mass is 341 g/mol. The number of hydrogen-bond acceptors (Lipinski definition) is 5. The molecule has 0 aliphatic carbocycles. The SMILES string of the molecule is CN(C)CCN1C(=O)C[C@H]2[C@H]1CCN2S(=O)(=O)c1cn(C)cn1. The molecule has 0 spiro atoms. The second-order valence-corrected chi connectivity index (χ2v) is 8.35. The Balaban J connectivity index is 1.79. The van der Waals surface area contributed by atoms with Crippen molar-refractivity contribution >= 4 is 15.9 Å². The number of carbonyl (C=O) groups is 1. The van der Waals surface area contributed by atoms with Crippen molar-refractivity contribution in [2.75, 3.05) is 33.7 Å². The van der Waals surface area contributed by atoms with Crippen LogP contribution in [0.15, 0.2) is 17.6 Å². The Hall–Kier alpha value is -1.45. The van der Waals surface area contributed by atoms with E-state index in [1.807, 2.05) is 23.9 Å². The standard InChI is InChI=1S/C14H23N5O3S/c1-16(2)6-7-18-11-4-5-19(12(11)8-14(18)20)23(21,22)13-9-17(3)10-15-13/h9-12H,4-8H2,1-3H3/t11-,12+/m1/s1. The van der Waals surface area contributed by atoms with Gasteiger partial charge in [0.2, 0.25) is 5.91 Å². The first-order valence-corrected chi connectivity index (χ1v) is 9.18. The van der Waals surface area contributed by atoms with Gasteiger partial charge in [-0.1, -0.05) is 0 Å². The van der Waals surface area contributed by atoms with Gasteiger partial charge in [-0.25, -0.2) is 13.4 Å². The fourth-order valence-electron chi connectivity index (χ4n) is 3.43. The summed E-state index contributed by atoms with van der Waals surface area (Å²) in [5, 5.41) is 0.0554. The van der Waals surface area contributed by atoms with E-state index >= 15 is 0 Å². The minimum absolute atomic E-state index is 0.0130. The van der Waals surface area contributed by atoms with Crippen molar-refractivity contribution in [3.05, 3.63) is 12.5 Å². The molecule has 0 bridgehead atoms. The zero-order chi connectivity index (χ0) is 16.8. The number of rotatable bonds is 5. The van der Waals surface area contributed by atoms with Gasteiger partial charge >= 0.3 is 0 Å². The van der Waals surface area contributed by atoms with Crippen molar-refractivity contribution in [2.45, 2.75) is 30.0 Å². The number of likely N-dealkylation sites (tertiary alicyclic amines) is 1. The summed E-state index contributed by atoms with van der Waals surface area (Å²) in [7, 11) is 2.02. The van der Waals surface area contributed by atoms with E-state index in [1.165, 1.54) is 16.8 Å². The van der Waals surface area contributed by atoms with Crippen molar-refractivity contribution in [3.63, 3.8) is 0 Å². The lowest BCUT2D eigenvalue weighted by atomic mass is 10.1. The number of hydrogen-bond donors (Lipinski definition) is 0. The fraction of sp³-hybridized carbons (Fsp3) is 0.714. The minimum Gasteiger partial charge on any atom is -0.339 e. The van der Waals surface area contributed by atoms with Crippen molar-refractivity contribution in [2.24, 2.45) is 7.05 Å². The third-order valence-corrected chi connectivity index (χ3v) is 6.42. The van der Waals surface area contributed by atoms with E-state index in [0.717, 1.165) is 6.54 Å². The molecule has 3 heterocycles. The van der Waals surface area contributed by atoms with Gasteiger partial charge in [-0.15, -0.1) is 0 Å². The van der Waals surface area contributed by atoms with Crippen LogP contribution in [-0.4, -0.2) is 83.8 Å². The molecule has 1 aromatic rings. The molecule has 0 aromatic carbocycles. The number of amides is 1. The Morgan fingerprint density at radius 1 is 1.35 bits per heavy atom. The smallest absolute Gasteiger partial charge is 0.262 e. The highest BCUT2D eigenvalue weighted by Gasteiger charge is 2.50. The molecule has 2 fully saturated rings. The molecule has 3 rings (SSSR count). The predicted octanol–water partition coefficient (Wildman–Crippen LogP) is -0.654. The van der Waals surface area contributed by atoms with Gasteiger partial charge in [0, 0.05) is 39.3 Å². The maximum absolute atomic E-state index is 12.8. The Bertz CT molecular complexity index is 699. The Morgan fingerprint density at radius 2 is 2.09 bits per heavy atom. The Labute approximate surface area is 136 Å². The number of nitrogens with zero attached hydrogens (tertiary/aromatic N) is 5. The topological polar surface area (TPSA) is 78.8 Å². The average Bonchev–Trinajstić information content (AvgIpc) is 3.12. The third kappa shape index (κ3) is 2.88. The van der Waals surface area contributed by atoms with E-state index in [9.17, 15) is 13.2 Å². The van der Waals surface area contributed by atoms with Crippen LogP contribution in [0.4, 0.5) is 0 Å². The number of imidazole rings is 1. The molecule has 0 N–H and O–H groups in total. The fourth-order valence-corrected chi connectivity index (χ4v) is 5.07. The maximum Gasteiger partial charge on any atom is 0.262 e. The van der Waals surface area contributed by atoms with Crippen LogP contribution in [0.25, 0.3) is 0 Å². The summed E-state index contributed by atoms with van der Waals surface area (Å²) in [5.41, 5.74) is 0. The molecule has 9 heteroatoms. The van der Waals surface area contributed by atoms with Crippen molar-refractivity contribution in [1.82, 2.24) is 23.7 Å². The molecule has 23 heavy (non-hydrogen) atoms. The van der Waals surface area contributed by atoms with Crippen LogP contribution in [0.5, 0.6) is 0 Å². The van der Waals surface area contributed by atoms with Gasteiger partial charge in [-0.05, 0) is 20.5 Å². The molecular formula is C14H23N5O3S. The summed E-state index contributed by atoms with van der Waals surface area (Å²) in [6.45, 7) is 1.87. The van der Waals surface area contributed by atoms with Gasteiger partial charge < -0.3 is 14.4 Å². The number of carbonyl (C=O) groups excluding carboxylic acids is 1. The Morgan fingerprint density at radius 3 is 2.70 bits per heavy atom. The summed E-state index contributed by atoms with van der Waals surface area (Å²) in [6.07, 6.45) is 3.94. The molecular weight excluding hydrogens is 318 g/mol. The number of sulfonamides is 1. The van der Waals surface area contributed by atoms with Crippen LogP contribution >= 0.6 is 0 Å². The number of likely N-dealkylation sites (N-methyl/N-ethyl adjacent to an activating group) is 1. The summed E-state index contributed by atoms with van der Waals surface area (Å²) in [5.74, 6) is 0.0442. The van der Waals surface area contributed by atoms with E-state index in [1.54, 1.807) is 11.6 Å². The van der Waals surface area contributed by atoms with E-state index in [0.29, 0.717) is 19.5 Å². The van der Waals surface area contributed by atoms with Crippen LogP contribution in [0.2, 0.25) is 0 Å². The molecule has 8 nitrogen and oxygen atoms in total. The van der Waals surface area contributed by atoms with Gasteiger partial charge in [0.05, 0.1) is 18.4 Å². The lowest BCUT2D eigenvalue weighted by molar-refractivity contribution is -0.129. The molecule has 128 valence electrons. The highest BCUT2D eigenvalue weighted by molar-refractivity contribution is 7.89. The lowest BCUT2D eigenvalue weighted by Crippen LogP contribution is -2.41. The molecule has 2 saturated heterocycles. The van der Waals surface area contributed by atoms with Gasteiger partial charge in [0.1, 0.15) is 0 Å². The van der Waals surface area contributed by atoms with Gasteiger partial charge in [0.15, 0.2) is 5.03 Å². The molecule has 2 aliphatic heterocycles. The van der Waals surface area contributed by atoms with Gasteiger partial charge in [-0.2, -0.15) is 4.31 Å². The van der Waals surface area contributed by atoms with Crippen molar-refractivity contribution < 1.29 is 13.2 Å². The largest absolute Gasteiger partial charge is 0.339 e. The molecule has 0 saturated carbocycles. The lowest BCUT2D eigenvalue weighted by Gasteiger charge is -2.26. The number of fused-ring (bicyclic) bond motifs is 1. The van der Waals surface area contributed by atoms with Crippen LogP contribution in [0.3, 0.4) is 0 Å². The highest BCUT2D eigenvalue weighted by atomic mass is 32.2. The van der Waals surface area contributed by atoms with Crippen LogP contribution < -0.4 is 0 Å². The first-order valence-electron chi connectivity index (χ1n) is 7.74. The first-order chi connectivity index (χ1) is 10.8. The number of aromatic nitrogens is 2. The Kier molecular flexibility index (Phi) is 4.19. The van der Waals surface area contributed by atoms with Gasteiger partial charge in [0.25, 0.3) is 10.0 Å². The molecule has 0 radical (unpaired) electrons. The second-order valence-electron chi connectivity index (χ2n) is 6.51. The van der Waals surface area contributed by atoms with Crippen LogP contribution in [0.1, 0.15) is 12.8 Å². The van der Waals surface area contributed by atoms with E-state index in [-0.39, 0.29) is 29.4 Å². The number of aryl methyl sites for hydroxylation is 1. The van der Waals surface area contributed by atoms with E-state index in [2.05, 4.69) is 4.98 Å². The third-order valence-electron chi connectivity index (χ3n) is 4.61. The normalized spacial score (nSPS) is 25.6. The molecule has 1 amide bonds. The van der Waals surface area contributed by atoms with Gasteiger partial charge in [-0.3, -0.25) is 4.79 Å². The summed E-state index contributed by atoms with van der Waals surface area (Å²) in [6, 6.07) is -0.280. The quantitative estimate of drug-likeness (QED) is 0.711. The molecule has 2 atom stereocenters. The van der Waals surface area contributed by atoms with Crippen LogP contribution in [0, 0.1) is 0 Å². The summed E-state index contributed by atoms with van der Waals surface area (Å²) in [4.78, 5) is 20.1. The molecule has 0 unspecified atom stereocenters. The first kappa shape index (κ1) is 16.4. The van der Waals surface area contributed by atoms with E-state index < -0.39 is 10.0 Å². The maximum atomic E-state index is 12.8. The predicted molar refractivity (Wildman–Crippen MR) is 84.2 cm³/mol. The molecule has 1 aromatic heterocycles. The van der Waals surface area contributed by atoms with Crippen molar-refractivity contribution in [1.29, 1.82) is 0 Å². The zero-order valence-electron chi connectivity index (χ0n) is 13.7. The highest BCUT2D eigenvalue weighted by Crippen LogP contribution is 2.35. The van der Waals surface area contributed by atoms with Crippen molar-refractivity contribution in [3.8, 4) is 0 Å². The summed E-state index contributed by atoms with van der Waals surface area (Å²) >= 11 is 0. The van der Waals surface area contributed by atoms with E-state index in [4.69, 9.17) is 0 Å².